The minimum Gasteiger partial charge on any atom is -0.344 e. The highest BCUT2D eigenvalue weighted by Crippen LogP contribution is 2.41. The van der Waals surface area contributed by atoms with Gasteiger partial charge >= 0.3 is 0 Å². The van der Waals surface area contributed by atoms with Crippen molar-refractivity contribution in [2.24, 2.45) is 0 Å². The molecule has 1 heterocycles. The normalized spacial score (nSPS) is 14.5. The summed E-state index contributed by atoms with van der Waals surface area (Å²) in [6, 6.07) is 20.0. The largest absolute Gasteiger partial charge is 0.344 e. The van der Waals surface area contributed by atoms with E-state index in [1.165, 1.54) is 61.5 Å². The highest BCUT2D eigenvalue weighted by Gasteiger charge is 2.26. The Bertz CT molecular complexity index is 1070. The van der Waals surface area contributed by atoms with Gasteiger partial charge < -0.3 is 4.90 Å². The number of aryl methyl sites for hydroxylation is 6. The minimum atomic E-state index is 0.239. The van der Waals surface area contributed by atoms with Gasteiger partial charge in [0.05, 0.1) is 0 Å². The SMILES string of the molecule is Cc1cc(C)c(C2=CC(c3ccccc3)C=C(c3c(C)cc(C)cc3C)N2C)c(C)c1. The van der Waals surface area contributed by atoms with Gasteiger partial charge in [-0.1, -0.05) is 65.7 Å². The lowest BCUT2D eigenvalue weighted by Crippen LogP contribution is -2.22. The Hall–Kier alpha value is -3.06. The molecule has 1 aliphatic heterocycles. The predicted molar refractivity (Wildman–Crippen MR) is 134 cm³/mol. The fraction of sp³-hybridized carbons (Fsp3) is 0.267. The number of benzene rings is 3. The first-order chi connectivity index (χ1) is 14.8. The average Bonchev–Trinajstić information content (AvgIpc) is 2.69. The van der Waals surface area contributed by atoms with E-state index in [1.54, 1.807) is 0 Å². The van der Waals surface area contributed by atoms with Gasteiger partial charge in [-0.25, -0.2) is 0 Å². The van der Waals surface area contributed by atoms with E-state index in [2.05, 4.69) is 120 Å². The van der Waals surface area contributed by atoms with Crippen LogP contribution in [0.2, 0.25) is 0 Å². The fourth-order valence-electron chi connectivity index (χ4n) is 5.28. The summed E-state index contributed by atoms with van der Waals surface area (Å²) in [7, 11) is 2.22. The molecule has 4 rings (SSSR count). The smallest absolute Gasteiger partial charge is 0.0456 e. The van der Waals surface area contributed by atoms with Crippen molar-refractivity contribution in [1.82, 2.24) is 4.90 Å². The summed E-state index contributed by atoms with van der Waals surface area (Å²) in [5.41, 5.74) is 14.6. The number of allylic oxidation sites excluding steroid dienone is 2. The van der Waals surface area contributed by atoms with E-state index in [9.17, 15) is 0 Å². The van der Waals surface area contributed by atoms with E-state index in [4.69, 9.17) is 0 Å². The highest BCUT2D eigenvalue weighted by molar-refractivity contribution is 5.84. The van der Waals surface area contributed by atoms with Crippen molar-refractivity contribution >= 4 is 11.4 Å². The number of rotatable bonds is 3. The van der Waals surface area contributed by atoms with Crippen LogP contribution in [0, 0.1) is 41.5 Å². The van der Waals surface area contributed by atoms with Gasteiger partial charge in [-0.2, -0.15) is 0 Å². The summed E-state index contributed by atoms with van der Waals surface area (Å²) in [4.78, 5) is 2.40. The van der Waals surface area contributed by atoms with Gasteiger partial charge in [0.1, 0.15) is 0 Å². The zero-order valence-corrected chi connectivity index (χ0v) is 19.9. The van der Waals surface area contributed by atoms with E-state index in [0.717, 1.165) is 0 Å². The molecule has 1 aliphatic rings. The monoisotopic (exact) mass is 407 g/mol. The van der Waals surface area contributed by atoms with Crippen LogP contribution in [-0.4, -0.2) is 11.9 Å². The molecule has 0 aliphatic carbocycles. The fourth-order valence-corrected chi connectivity index (χ4v) is 5.28. The summed E-state index contributed by atoms with van der Waals surface area (Å²) < 4.78 is 0. The molecule has 0 spiro atoms. The minimum absolute atomic E-state index is 0.239. The molecule has 1 nitrogen and oxygen atoms in total. The molecule has 158 valence electrons. The summed E-state index contributed by atoms with van der Waals surface area (Å²) in [5, 5.41) is 0. The number of hydrogen-bond acceptors (Lipinski definition) is 1. The van der Waals surface area contributed by atoms with Crippen molar-refractivity contribution in [2.75, 3.05) is 7.05 Å². The van der Waals surface area contributed by atoms with E-state index < -0.39 is 0 Å². The summed E-state index contributed by atoms with van der Waals surface area (Å²) in [6.45, 7) is 13.3. The van der Waals surface area contributed by atoms with Gasteiger partial charge in [-0.05, 0) is 81.5 Å². The summed E-state index contributed by atoms with van der Waals surface area (Å²) >= 11 is 0. The molecule has 0 saturated heterocycles. The van der Waals surface area contributed by atoms with E-state index in [0.29, 0.717) is 0 Å². The van der Waals surface area contributed by atoms with Gasteiger partial charge in [-0.15, -0.1) is 0 Å². The van der Waals surface area contributed by atoms with Crippen molar-refractivity contribution in [3.63, 3.8) is 0 Å². The molecular formula is C30H33N. The summed E-state index contributed by atoms with van der Waals surface area (Å²) in [6.07, 6.45) is 4.87. The first kappa shape index (κ1) is 21.2. The van der Waals surface area contributed by atoms with Crippen LogP contribution >= 0.6 is 0 Å². The topological polar surface area (TPSA) is 3.24 Å². The van der Waals surface area contributed by atoms with Crippen LogP contribution < -0.4 is 0 Å². The molecule has 0 amide bonds. The summed E-state index contributed by atoms with van der Waals surface area (Å²) in [5.74, 6) is 0.239. The Balaban J connectivity index is 1.95. The lowest BCUT2D eigenvalue weighted by molar-refractivity contribution is 0.661. The molecule has 31 heavy (non-hydrogen) atoms. The molecule has 0 atom stereocenters. The molecule has 0 radical (unpaired) electrons. The Morgan fingerprint density at radius 2 is 0.968 bits per heavy atom. The van der Waals surface area contributed by atoms with Crippen molar-refractivity contribution in [2.45, 2.75) is 47.5 Å². The zero-order chi connectivity index (χ0) is 22.3. The molecule has 0 saturated carbocycles. The molecule has 0 bridgehead atoms. The van der Waals surface area contributed by atoms with Crippen molar-refractivity contribution < 1.29 is 0 Å². The molecule has 3 aromatic rings. The lowest BCUT2D eigenvalue weighted by atomic mass is 9.86. The maximum Gasteiger partial charge on any atom is 0.0456 e. The molecular weight excluding hydrogens is 374 g/mol. The Morgan fingerprint density at radius 1 is 0.581 bits per heavy atom. The zero-order valence-electron chi connectivity index (χ0n) is 19.9. The molecule has 0 unspecified atom stereocenters. The van der Waals surface area contributed by atoms with E-state index in [1.807, 2.05) is 0 Å². The van der Waals surface area contributed by atoms with Crippen LogP contribution in [0.5, 0.6) is 0 Å². The van der Waals surface area contributed by atoms with Gasteiger partial charge in [0.25, 0.3) is 0 Å². The van der Waals surface area contributed by atoms with Crippen LogP contribution in [0.3, 0.4) is 0 Å². The Kier molecular flexibility index (Phi) is 5.62. The van der Waals surface area contributed by atoms with Gasteiger partial charge in [-0.3, -0.25) is 0 Å². The standard InChI is InChI=1S/C30H33N/c1-19-13-21(3)29(22(4)14-19)27-17-26(25-11-9-8-10-12-25)18-28(31(27)7)30-23(5)15-20(2)16-24(30)6/h8-18,26H,1-7H3. The number of hydrogen-bond donors (Lipinski definition) is 0. The first-order valence-electron chi connectivity index (χ1n) is 11.1. The second-order valence-corrected chi connectivity index (χ2v) is 9.15. The maximum atomic E-state index is 2.43. The maximum absolute atomic E-state index is 2.43. The quantitative estimate of drug-likeness (QED) is 0.431. The van der Waals surface area contributed by atoms with Gasteiger partial charge in [0, 0.05) is 35.5 Å². The van der Waals surface area contributed by atoms with Crippen molar-refractivity contribution in [3.8, 4) is 0 Å². The predicted octanol–water partition coefficient (Wildman–Crippen LogP) is 7.65. The highest BCUT2D eigenvalue weighted by atomic mass is 15.1. The molecule has 0 N–H and O–H groups in total. The van der Waals surface area contributed by atoms with Crippen LogP contribution in [0.1, 0.15) is 56.0 Å². The lowest BCUT2D eigenvalue weighted by Gasteiger charge is -2.35. The van der Waals surface area contributed by atoms with Crippen molar-refractivity contribution in [3.05, 3.63) is 117 Å². The number of nitrogens with zero attached hydrogens (tertiary/aromatic N) is 1. The Morgan fingerprint density at radius 3 is 1.35 bits per heavy atom. The molecule has 0 fully saturated rings. The van der Waals surface area contributed by atoms with E-state index in [-0.39, 0.29) is 5.92 Å². The van der Waals surface area contributed by atoms with E-state index >= 15 is 0 Å². The van der Waals surface area contributed by atoms with Crippen molar-refractivity contribution in [1.29, 1.82) is 0 Å². The third-order valence-corrected chi connectivity index (χ3v) is 6.45. The van der Waals surface area contributed by atoms with Gasteiger partial charge in [0.15, 0.2) is 0 Å². The van der Waals surface area contributed by atoms with Crippen LogP contribution in [0.15, 0.2) is 66.7 Å². The first-order valence-corrected chi connectivity index (χ1v) is 11.1. The second-order valence-electron chi connectivity index (χ2n) is 9.15. The third-order valence-electron chi connectivity index (χ3n) is 6.45. The van der Waals surface area contributed by atoms with Crippen LogP contribution in [0.4, 0.5) is 0 Å². The van der Waals surface area contributed by atoms with Gasteiger partial charge in [0.2, 0.25) is 0 Å². The average molecular weight is 408 g/mol. The van der Waals surface area contributed by atoms with Crippen LogP contribution in [-0.2, 0) is 0 Å². The van der Waals surface area contributed by atoms with Crippen LogP contribution in [0.25, 0.3) is 11.4 Å². The second kappa shape index (κ2) is 8.23. The molecule has 3 aromatic carbocycles. The third kappa shape index (κ3) is 3.97. The molecule has 1 heteroatoms. The molecule has 0 aromatic heterocycles. The Labute approximate surface area is 187 Å².